The summed E-state index contributed by atoms with van der Waals surface area (Å²) in [5.74, 6) is -0.255. The lowest BCUT2D eigenvalue weighted by molar-refractivity contribution is -0.140. The van der Waals surface area contributed by atoms with Gasteiger partial charge < -0.3 is 19.5 Å². The highest BCUT2D eigenvalue weighted by molar-refractivity contribution is 7.80. The maximum atomic E-state index is 11.7. The fourth-order valence-corrected chi connectivity index (χ4v) is 4.00. The highest BCUT2D eigenvalue weighted by Gasteiger charge is 2.40. The monoisotopic (exact) mass is 406 g/mol. The zero-order valence-electron chi connectivity index (χ0n) is 16.1. The minimum atomic E-state index is -0.255. The van der Waals surface area contributed by atoms with Gasteiger partial charge >= 0.3 is 5.97 Å². The van der Waals surface area contributed by atoms with Crippen LogP contribution < -0.4 is 5.32 Å². The zero-order chi connectivity index (χ0) is 20.2. The Balaban J connectivity index is 1.68. The first kappa shape index (κ1) is 19.1. The predicted molar refractivity (Wildman–Crippen MR) is 115 cm³/mol. The van der Waals surface area contributed by atoms with E-state index >= 15 is 0 Å². The smallest absolute Gasteiger partial charge is 0.307 e. The molecule has 0 bridgehead atoms. The van der Waals surface area contributed by atoms with Gasteiger partial charge in [0.2, 0.25) is 0 Å². The van der Waals surface area contributed by atoms with E-state index in [-0.39, 0.29) is 24.5 Å². The number of carbonyl (C=O) groups is 1. The Labute approximate surface area is 175 Å². The lowest BCUT2D eigenvalue weighted by Crippen LogP contribution is -2.31. The lowest BCUT2D eigenvalue weighted by atomic mass is 9.99. The van der Waals surface area contributed by atoms with Gasteiger partial charge in [0.25, 0.3) is 0 Å². The maximum Gasteiger partial charge on any atom is 0.307 e. The van der Waals surface area contributed by atoms with Gasteiger partial charge in [-0.05, 0) is 48.1 Å². The number of nitrogens with zero attached hydrogens (tertiary/aromatic N) is 3. The standard InChI is InChI=1S/C22H22N4O2S/c1-28-19(27)11-14-26-21(20(24-22(26)29)18-9-5-6-12-23-18)16-10-13-25(15-16)17-7-3-2-4-8-17/h2-10,12-13,15,20-21H,11,14H2,1H3,(H,24,29)/t20-,21+/m1/s1. The van der Waals surface area contributed by atoms with Crippen LogP contribution in [0.15, 0.2) is 73.2 Å². The van der Waals surface area contributed by atoms with Crippen molar-refractivity contribution in [1.29, 1.82) is 0 Å². The van der Waals surface area contributed by atoms with Gasteiger partial charge in [0.15, 0.2) is 5.11 Å². The van der Waals surface area contributed by atoms with Gasteiger partial charge in [-0.15, -0.1) is 0 Å². The van der Waals surface area contributed by atoms with Crippen LogP contribution >= 0.6 is 12.2 Å². The van der Waals surface area contributed by atoms with Crippen LogP contribution in [0.4, 0.5) is 0 Å². The largest absolute Gasteiger partial charge is 0.469 e. The van der Waals surface area contributed by atoms with Crippen molar-refractivity contribution in [1.82, 2.24) is 19.8 Å². The topological polar surface area (TPSA) is 59.4 Å². The summed E-state index contributed by atoms with van der Waals surface area (Å²) in [5, 5.41) is 4.01. The minimum absolute atomic E-state index is 0.0768. The molecule has 1 N–H and O–H groups in total. The third-order valence-corrected chi connectivity index (χ3v) is 5.45. The van der Waals surface area contributed by atoms with E-state index in [1.54, 1.807) is 6.20 Å². The molecule has 1 aliphatic rings. The predicted octanol–water partition coefficient (Wildman–Crippen LogP) is 3.41. The molecule has 3 aromatic rings. The van der Waals surface area contributed by atoms with Crippen molar-refractivity contribution < 1.29 is 9.53 Å². The molecule has 1 saturated heterocycles. The molecule has 1 fully saturated rings. The Bertz CT molecular complexity index is 990. The van der Waals surface area contributed by atoms with Crippen molar-refractivity contribution in [3.05, 3.63) is 84.4 Å². The van der Waals surface area contributed by atoms with Crippen LogP contribution in [-0.4, -0.2) is 39.2 Å². The molecule has 3 heterocycles. The molecule has 0 saturated carbocycles. The Morgan fingerprint density at radius 2 is 1.97 bits per heavy atom. The highest BCUT2D eigenvalue weighted by Crippen LogP contribution is 2.38. The molecular formula is C22H22N4O2S. The van der Waals surface area contributed by atoms with Gasteiger partial charge in [0.1, 0.15) is 0 Å². The van der Waals surface area contributed by atoms with Gasteiger partial charge in [-0.25, -0.2) is 0 Å². The molecule has 29 heavy (non-hydrogen) atoms. The van der Waals surface area contributed by atoms with Crippen molar-refractivity contribution in [2.45, 2.75) is 18.5 Å². The summed E-state index contributed by atoms with van der Waals surface area (Å²) >= 11 is 5.61. The van der Waals surface area contributed by atoms with Crippen LogP contribution in [0.1, 0.15) is 29.8 Å². The first-order valence-corrected chi connectivity index (χ1v) is 9.86. The zero-order valence-corrected chi connectivity index (χ0v) is 16.9. The van der Waals surface area contributed by atoms with E-state index in [9.17, 15) is 4.79 Å². The summed E-state index contributed by atoms with van der Waals surface area (Å²) in [7, 11) is 1.40. The Morgan fingerprint density at radius 1 is 1.17 bits per heavy atom. The molecule has 6 nitrogen and oxygen atoms in total. The fourth-order valence-electron chi connectivity index (χ4n) is 3.67. The number of thiocarbonyl (C=S) groups is 1. The molecule has 1 aliphatic heterocycles. The number of carbonyl (C=O) groups excluding carboxylic acids is 1. The average Bonchev–Trinajstić information content (AvgIpc) is 3.38. The number of pyridine rings is 1. The van der Waals surface area contributed by atoms with Gasteiger partial charge in [-0.1, -0.05) is 24.3 Å². The van der Waals surface area contributed by atoms with Gasteiger partial charge in [0, 0.05) is 30.8 Å². The summed E-state index contributed by atoms with van der Waals surface area (Å²) < 4.78 is 6.90. The Hall–Kier alpha value is -3.19. The average molecular weight is 407 g/mol. The highest BCUT2D eigenvalue weighted by atomic mass is 32.1. The maximum absolute atomic E-state index is 11.7. The molecule has 2 atom stereocenters. The molecule has 0 aliphatic carbocycles. The van der Waals surface area contributed by atoms with Crippen LogP contribution in [-0.2, 0) is 9.53 Å². The second kappa shape index (κ2) is 8.45. The molecule has 0 spiro atoms. The molecule has 2 aromatic heterocycles. The first-order chi connectivity index (χ1) is 14.2. The molecule has 4 rings (SSSR count). The van der Waals surface area contributed by atoms with E-state index in [0.29, 0.717) is 11.7 Å². The summed E-state index contributed by atoms with van der Waals surface area (Å²) in [6.45, 7) is 0.475. The fraction of sp³-hybridized carbons (Fsp3) is 0.227. The second-order valence-electron chi connectivity index (χ2n) is 6.83. The minimum Gasteiger partial charge on any atom is -0.469 e. The number of methoxy groups -OCH3 is 1. The van der Waals surface area contributed by atoms with Crippen molar-refractivity contribution in [2.24, 2.45) is 0 Å². The van der Waals surface area contributed by atoms with E-state index in [2.05, 4.69) is 44.2 Å². The van der Waals surface area contributed by atoms with Crippen LogP contribution in [0.25, 0.3) is 5.69 Å². The van der Waals surface area contributed by atoms with Crippen molar-refractivity contribution in [3.8, 4) is 5.69 Å². The van der Waals surface area contributed by atoms with E-state index in [0.717, 1.165) is 16.9 Å². The van der Waals surface area contributed by atoms with Gasteiger partial charge in [-0.2, -0.15) is 0 Å². The quantitative estimate of drug-likeness (QED) is 0.500. The third-order valence-electron chi connectivity index (χ3n) is 5.09. The van der Waals surface area contributed by atoms with E-state index in [4.69, 9.17) is 17.0 Å². The number of esters is 1. The first-order valence-electron chi connectivity index (χ1n) is 9.45. The van der Waals surface area contributed by atoms with E-state index < -0.39 is 0 Å². The van der Waals surface area contributed by atoms with Crippen molar-refractivity contribution in [2.75, 3.05) is 13.7 Å². The number of hydrogen-bond donors (Lipinski definition) is 1. The summed E-state index contributed by atoms with van der Waals surface area (Å²) in [6.07, 6.45) is 6.20. The Kier molecular flexibility index (Phi) is 5.57. The van der Waals surface area contributed by atoms with Crippen LogP contribution in [0.5, 0.6) is 0 Å². The number of hydrogen-bond acceptors (Lipinski definition) is 4. The normalized spacial score (nSPS) is 18.5. The van der Waals surface area contributed by atoms with E-state index in [1.807, 2.05) is 42.6 Å². The van der Waals surface area contributed by atoms with E-state index in [1.165, 1.54) is 7.11 Å². The van der Waals surface area contributed by atoms with Crippen molar-refractivity contribution in [3.63, 3.8) is 0 Å². The summed E-state index contributed by atoms with van der Waals surface area (Å²) in [5.41, 5.74) is 3.09. The van der Waals surface area contributed by atoms with Crippen LogP contribution in [0.2, 0.25) is 0 Å². The number of aromatic nitrogens is 2. The number of benzene rings is 1. The lowest BCUT2D eigenvalue weighted by Gasteiger charge is -2.26. The molecule has 148 valence electrons. The number of para-hydroxylation sites is 1. The Morgan fingerprint density at radius 3 is 2.69 bits per heavy atom. The molecule has 0 unspecified atom stereocenters. The van der Waals surface area contributed by atoms with Gasteiger partial charge in [0.05, 0.1) is 31.3 Å². The number of ether oxygens (including phenoxy) is 1. The van der Waals surface area contributed by atoms with Crippen molar-refractivity contribution >= 4 is 23.3 Å². The number of nitrogens with one attached hydrogen (secondary N) is 1. The molecule has 1 aromatic carbocycles. The molecule has 0 radical (unpaired) electrons. The van der Waals surface area contributed by atoms with Crippen LogP contribution in [0.3, 0.4) is 0 Å². The van der Waals surface area contributed by atoms with Crippen LogP contribution in [0, 0.1) is 0 Å². The number of rotatable bonds is 6. The SMILES string of the molecule is COC(=O)CCN1C(=S)N[C@H](c2ccccn2)[C@@H]1c1ccn(-c2ccccc2)c1. The molecular weight excluding hydrogens is 384 g/mol. The van der Waals surface area contributed by atoms with Gasteiger partial charge in [-0.3, -0.25) is 9.78 Å². The summed E-state index contributed by atoms with van der Waals surface area (Å²) in [4.78, 5) is 18.3. The molecule has 0 amide bonds. The third kappa shape index (κ3) is 4.00. The summed E-state index contributed by atoms with van der Waals surface area (Å²) in [6, 6.07) is 17.9. The molecule has 7 heteroatoms. The second-order valence-corrected chi connectivity index (χ2v) is 7.22.